The predicted octanol–water partition coefficient (Wildman–Crippen LogP) is 16.0. The van der Waals surface area contributed by atoms with Gasteiger partial charge in [-0.3, -0.25) is 0 Å². The first kappa shape index (κ1) is 36.9. The molecule has 0 unspecified atom stereocenters. The van der Waals surface area contributed by atoms with Crippen molar-refractivity contribution in [3.8, 4) is 22.3 Å². The number of hydrogen-bond acceptors (Lipinski definition) is 2. The number of fused-ring (bicyclic) bond motifs is 8. The summed E-state index contributed by atoms with van der Waals surface area (Å²) >= 11 is 0. The predicted molar refractivity (Wildman–Crippen MR) is 263 cm³/mol. The van der Waals surface area contributed by atoms with Gasteiger partial charge in [0.2, 0.25) is 0 Å². The van der Waals surface area contributed by atoms with Gasteiger partial charge in [-0.2, -0.15) is 0 Å². The Labute approximate surface area is 366 Å². The number of hydrogen-bond donors (Lipinski definition) is 0. The van der Waals surface area contributed by atoms with E-state index in [2.05, 4.69) is 220 Å². The first-order valence-electron chi connectivity index (χ1n) is 22.4. The molecular formula is C60H50N2. The van der Waals surface area contributed by atoms with Gasteiger partial charge in [0.25, 0.3) is 0 Å². The molecule has 0 atom stereocenters. The summed E-state index contributed by atoms with van der Waals surface area (Å²) in [5.41, 5.74) is 25.9. The first-order chi connectivity index (χ1) is 30.2. The van der Waals surface area contributed by atoms with Gasteiger partial charge in [-0.15, -0.1) is 0 Å². The van der Waals surface area contributed by atoms with Crippen LogP contribution in [0.4, 0.5) is 22.7 Å². The average Bonchev–Trinajstić information content (AvgIpc) is 3.47. The molecule has 6 aromatic rings. The van der Waals surface area contributed by atoms with Crippen LogP contribution in [0.25, 0.3) is 46.6 Å². The highest BCUT2D eigenvalue weighted by Gasteiger charge is 2.38. The molecule has 2 heteroatoms. The van der Waals surface area contributed by atoms with Crippen LogP contribution in [0.3, 0.4) is 0 Å². The van der Waals surface area contributed by atoms with Crippen LogP contribution >= 0.6 is 0 Å². The summed E-state index contributed by atoms with van der Waals surface area (Å²) in [7, 11) is 0. The summed E-state index contributed by atoms with van der Waals surface area (Å²) in [6.07, 6.45) is 27.1. The van der Waals surface area contributed by atoms with Gasteiger partial charge in [0.05, 0.1) is 11.4 Å². The lowest BCUT2D eigenvalue weighted by atomic mass is 9.81. The van der Waals surface area contributed by atoms with Crippen molar-refractivity contribution in [3.05, 3.63) is 225 Å². The van der Waals surface area contributed by atoms with Crippen molar-refractivity contribution >= 4 is 47.1 Å². The van der Waals surface area contributed by atoms with E-state index in [-0.39, 0.29) is 10.8 Å². The van der Waals surface area contributed by atoms with Crippen LogP contribution in [-0.4, -0.2) is 0 Å². The van der Waals surface area contributed by atoms with Crippen molar-refractivity contribution in [1.82, 2.24) is 0 Å². The average molecular weight is 799 g/mol. The lowest BCUT2D eigenvalue weighted by Crippen LogP contribution is -2.20. The maximum atomic E-state index is 2.52. The van der Waals surface area contributed by atoms with Crippen LogP contribution in [0.5, 0.6) is 0 Å². The number of anilines is 4. The molecular weight excluding hydrogens is 749 g/mol. The summed E-state index contributed by atoms with van der Waals surface area (Å²) < 4.78 is 0. The van der Waals surface area contributed by atoms with Crippen LogP contribution in [0.2, 0.25) is 0 Å². The Hall–Kier alpha value is -6.90. The molecule has 0 saturated carbocycles. The third kappa shape index (κ3) is 5.62. The topological polar surface area (TPSA) is 6.48 Å². The van der Waals surface area contributed by atoms with Gasteiger partial charge < -0.3 is 9.80 Å². The minimum Gasteiger partial charge on any atom is -0.313 e. The maximum Gasteiger partial charge on any atom is 0.0531 e. The van der Waals surface area contributed by atoms with Gasteiger partial charge >= 0.3 is 0 Å². The molecule has 0 N–H and O–H groups in total. The van der Waals surface area contributed by atoms with Crippen LogP contribution in [-0.2, 0) is 10.8 Å². The molecule has 0 saturated heterocycles. The van der Waals surface area contributed by atoms with E-state index in [1.807, 2.05) is 0 Å². The Balaban J connectivity index is 0.846. The Kier molecular flexibility index (Phi) is 8.22. The Morgan fingerprint density at radius 2 is 0.823 bits per heavy atom. The van der Waals surface area contributed by atoms with E-state index in [1.165, 1.54) is 112 Å². The fourth-order valence-electron chi connectivity index (χ4n) is 11.2. The molecule has 12 rings (SSSR count). The zero-order valence-electron chi connectivity index (χ0n) is 36.0. The molecule has 62 heavy (non-hydrogen) atoms. The molecule has 0 fully saturated rings. The summed E-state index contributed by atoms with van der Waals surface area (Å²) in [6, 6.07) is 46.1. The van der Waals surface area contributed by atoms with Crippen molar-refractivity contribution in [3.63, 3.8) is 0 Å². The Morgan fingerprint density at radius 3 is 1.27 bits per heavy atom. The van der Waals surface area contributed by atoms with Crippen LogP contribution < -0.4 is 9.80 Å². The maximum absolute atomic E-state index is 2.52. The van der Waals surface area contributed by atoms with Gasteiger partial charge in [0, 0.05) is 33.6 Å². The van der Waals surface area contributed by atoms with E-state index in [0.717, 1.165) is 25.7 Å². The van der Waals surface area contributed by atoms with Crippen molar-refractivity contribution in [2.24, 2.45) is 0 Å². The highest BCUT2D eigenvalue weighted by atomic mass is 15.2. The van der Waals surface area contributed by atoms with Gasteiger partial charge in [-0.25, -0.2) is 0 Å². The summed E-state index contributed by atoms with van der Waals surface area (Å²) in [6.45, 7) is 9.60. The van der Waals surface area contributed by atoms with Crippen molar-refractivity contribution in [2.75, 3.05) is 9.80 Å². The highest BCUT2D eigenvalue weighted by molar-refractivity contribution is 5.90. The molecule has 0 spiro atoms. The lowest BCUT2D eigenvalue weighted by molar-refractivity contribution is 0.660. The molecule has 4 aliphatic carbocycles. The first-order valence-corrected chi connectivity index (χ1v) is 22.4. The zero-order chi connectivity index (χ0) is 41.7. The molecule has 0 bridgehead atoms. The molecule has 300 valence electrons. The fourth-order valence-corrected chi connectivity index (χ4v) is 11.2. The number of allylic oxidation sites excluding steroid dienone is 10. The largest absolute Gasteiger partial charge is 0.313 e. The van der Waals surface area contributed by atoms with E-state index >= 15 is 0 Å². The standard InChI is InChI=1S/C60H50N2/c1-59(2)51-35-39(23-31-47(51)49-33-29-45(37-53(49)59)61-55-17-9-5-13-41(55)25-26-42-14-6-10-18-56(42)61)21-22-40-24-32-48-50-34-30-46(38-54(50)60(3,4)52(48)36-40)62-57-19-11-7-15-43(57)27-28-44-16-8-12-20-58(44)62/h5-9,11,13-17,19,21-38H,10,12,18,20H2,1-4H3/b22-21+. The number of benzene rings is 6. The molecule has 6 aromatic carbocycles. The van der Waals surface area contributed by atoms with Crippen LogP contribution in [0.1, 0.15) is 97.9 Å². The zero-order valence-corrected chi connectivity index (χ0v) is 36.0. The van der Waals surface area contributed by atoms with Crippen molar-refractivity contribution in [1.29, 1.82) is 0 Å². The van der Waals surface area contributed by atoms with E-state index in [9.17, 15) is 0 Å². The summed E-state index contributed by atoms with van der Waals surface area (Å²) in [5.74, 6) is 0. The molecule has 0 aromatic heterocycles. The van der Waals surface area contributed by atoms with E-state index < -0.39 is 0 Å². The smallest absolute Gasteiger partial charge is 0.0531 e. The fraction of sp³-hybridized carbons (Fsp3) is 0.167. The summed E-state index contributed by atoms with van der Waals surface area (Å²) in [5, 5.41) is 0. The van der Waals surface area contributed by atoms with Crippen LogP contribution in [0, 0.1) is 0 Å². The third-order valence-electron chi connectivity index (χ3n) is 14.5. The van der Waals surface area contributed by atoms with Gasteiger partial charge in [-0.1, -0.05) is 173 Å². The second-order valence-corrected chi connectivity index (χ2v) is 18.8. The highest BCUT2D eigenvalue weighted by Crippen LogP contribution is 2.53. The second-order valence-electron chi connectivity index (χ2n) is 18.8. The molecule has 0 radical (unpaired) electrons. The minimum atomic E-state index is -0.141. The Bertz CT molecular complexity index is 2920. The number of para-hydroxylation sites is 2. The quantitative estimate of drug-likeness (QED) is 0.164. The third-order valence-corrected chi connectivity index (χ3v) is 14.5. The van der Waals surface area contributed by atoms with Gasteiger partial charge in [-0.05, 0) is 140 Å². The molecule has 0 amide bonds. The second kappa shape index (κ2) is 13.8. The monoisotopic (exact) mass is 798 g/mol. The van der Waals surface area contributed by atoms with Gasteiger partial charge in [0.1, 0.15) is 0 Å². The Morgan fingerprint density at radius 1 is 0.419 bits per heavy atom. The molecule has 2 nitrogen and oxygen atoms in total. The molecule has 2 heterocycles. The van der Waals surface area contributed by atoms with Crippen molar-refractivity contribution in [2.45, 2.75) is 64.2 Å². The van der Waals surface area contributed by atoms with Crippen LogP contribution in [0.15, 0.2) is 180 Å². The minimum absolute atomic E-state index is 0.141. The summed E-state index contributed by atoms with van der Waals surface area (Å²) in [4.78, 5) is 5.04. The number of nitrogens with zero attached hydrogens (tertiary/aromatic N) is 2. The van der Waals surface area contributed by atoms with Gasteiger partial charge in [0.15, 0.2) is 0 Å². The normalized spacial score (nSPS) is 18.1. The van der Waals surface area contributed by atoms with E-state index in [0.29, 0.717) is 0 Å². The van der Waals surface area contributed by atoms with E-state index in [1.54, 1.807) is 0 Å². The number of rotatable bonds is 4. The molecule has 6 aliphatic rings. The van der Waals surface area contributed by atoms with E-state index in [4.69, 9.17) is 0 Å². The van der Waals surface area contributed by atoms with Crippen molar-refractivity contribution < 1.29 is 0 Å². The lowest BCUT2D eigenvalue weighted by Gasteiger charge is -2.32. The SMILES string of the molecule is CC1(C)c2cc(/C=C/c3ccc4c(c3)C(C)(C)c3cc(N5C6=C(C=CCC6)C=Cc6ccccc65)ccc3-4)ccc2-c2ccc(N3C4=C(C=CCC4)C=Cc4ccccc43)cc21. The molecule has 2 aliphatic heterocycles.